The van der Waals surface area contributed by atoms with Crippen LogP contribution in [0, 0.1) is 5.92 Å². The number of carboxylic acid groups (broad SMARTS) is 1. The fourth-order valence-corrected chi connectivity index (χ4v) is 2.17. The number of likely N-dealkylation sites (tertiary alicyclic amines) is 1. The first kappa shape index (κ1) is 15.8. The zero-order valence-electron chi connectivity index (χ0n) is 11.9. The van der Waals surface area contributed by atoms with Crippen LogP contribution in [0.1, 0.15) is 40.0 Å². The third-order valence-electron chi connectivity index (χ3n) is 3.20. The second-order valence-corrected chi connectivity index (χ2v) is 6.07. The molecule has 0 aromatic heterocycles. The lowest BCUT2D eigenvalue weighted by atomic mass is 9.92. The highest BCUT2D eigenvalue weighted by molar-refractivity contribution is 5.68. The Labute approximate surface area is 113 Å². The van der Waals surface area contributed by atoms with E-state index in [1.54, 1.807) is 4.90 Å². The Morgan fingerprint density at radius 1 is 1.32 bits per heavy atom. The molecule has 3 N–H and O–H groups in total. The first-order valence-corrected chi connectivity index (χ1v) is 6.64. The number of hydrogen-bond acceptors (Lipinski definition) is 4. The van der Waals surface area contributed by atoms with E-state index < -0.39 is 11.6 Å². The van der Waals surface area contributed by atoms with Gasteiger partial charge < -0.3 is 20.5 Å². The molecule has 0 aromatic carbocycles. The summed E-state index contributed by atoms with van der Waals surface area (Å²) in [6, 6.07) is -0.177. The number of nitrogens with two attached hydrogens (primary N) is 1. The maximum Gasteiger partial charge on any atom is 0.410 e. The normalized spacial score (nSPS) is 24.7. The number of aliphatic carboxylic acids is 1. The van der Waals surface area contributed by atoms with Gasteiger partial charge in [-0.2, -0.15) is 0 Å². The molecular weight excluding hydrogens is 248 g/mol. The summed E-state index contributed by atoms with van der Waals surface area (Å²) in [7, 11) is 0. The second kappa shape index (κ2) is 6.23. The molecule has 0 aromatic rings. The van der Waals surface area contributed by atoms with E-state index in [0.717, 1.165) is 0 Å². The quantitative estimate of drug-likeness (QED) is 0.793. The lowest BCUT2D eigenvalue weighted by Crippen LogP contribution is -2.37. The van der Waals surface area contributed by atoms with Gasteiger partial charge >= 0.3 is 12.1 Å². The lowest BCUT2D eigenvalue weighted by molar-refractivity contribution is -0.138. The van der Waals surface area contributed by atoms with Gasteiger partial charge in [-0.25, -0.2) is 4.79 Å². The summed E-state index contributed by atoms with van der Waals surface area (Å²) < 4.78 is 5.31. The molecule has 0 bridgehead atoms. The van der Waals surface area contributed by atoms with Crippen LogP contribution < -0.4 is 5.73 Å². The SMILES string of the molecule is CC(C)(C)OC(=O)N1CC[C@H](CC(=O)O)[C@H](N)CC1. The van der Waals surface area contributed by atoms with Crippen LogP contribution in [0.5, 0.6) is 0 Å². The van der Waals surface area contributed by atoms with Gasteiger partial charge in [0.1, 0.15) is 5.60 Å². The van der Waals surface area contributed by atoms with E-state index in [0.29, 0.717) is 25.9 Å². The topological polar surface area (TPSA) is 92.9 Å². The zero-order chi connectivity index (χ0) is 14.6. The Morgan fingerprint density at radius 3 is 2.42 bits per heavy atom. The minimum Gasteiger partial charge on any atom is -0.481 e. The number of carbonyl (C=O) groups is 2. The van der Waals surface area contributed by atoms with Crippen LogP contribution in [-0.4, -0.2) is 46.8 Å². The Balaban J connectivity index is 2.57. The highest BCUT2D eigenvalue weighted by Gasteiger charge is 2.29. The predicted molar refractivity (Wildman–Crippen MR) is 70.8 cm³/mol. The maximum absolute atomic E-state index is 11.9. The number of amides is 1. The van der Waals surface area contributed by atoms with Crippen LogP contribution in [0.3, 0.4) is 0 Å². The van der Waals surface area contributed by atoms with Crippen LogP contribution in [0.25, 0.3) is 0 Å². The fourth-order valence-electron chi connectivity index (χ4n) is 2.17. The largest absolute Gasteiger partial charge is 0.481 e. The van der Waals surface area contributed by atoms with E-state index >= 15 is 0 Å². The summed E-state index contributed by atoms with van der Waals surface area (Å²) in [4.78, 5) is 24.3. The lowest BCUT2D eigenvalue weighted by Gasteiger charge is -2.26. The molecule has 0 unspecified atom stereocenters. The predicted octanol–water partition coefficient (Wildman–Crippen LogP) is 1.44. The van der Waals surface area contributed by atoms with Crippen LogP contribution in [-0.2, 0) is 9.53 Å². The monoisotopic (exact) mass is 272 g/mol. The fraction of sp³-hybridized carbons (Fsp3) is 0.846. The van der Waals surface area contributed by atoms with Crippen molar-refractivity contribution in [3.05, 3.63) is 0 Å². The molecule has 1 amide bonds. The van der Waals surface area contributed by atoms with Crippen molar-refractivity contribution in [1.82, 2.24) is 4.90 Å². The van der Waals surface area contributed by atoms with Crippen LogP contribution in [0.2, 0.25) is 0 Å². The van der Waals surface area contributed by atoms with Gasteiger partial charge in [0, 0.05) is 25.6 Å². The highest BCUT2D eigenvalue weighted by Crippen LogP contribution is 2.21. The van der Waals surface area contributed by atoms with Crippen molar-refractivity contribution in [3.63, 3.8) is 0 Å². The maximum atomic E-state index is 11.9. The summed E-state index contributed by atoms with van der Waals surface area (Å²) >= 11 is 0. The van der Waals surface area contributed by atoms with Crippen molar-refractivity contribution in [2.75, 3.05) is 13.1 Å². The minimum absolute atomic E-state index is 0.0589. The summed E-state index contributed by atoms with van der Waals surface area (Å²) in [5, 5.41) is 8.84. The highest BCUT2D eigenvalue weighted by atomic mass is 16.6. The van der Waals surface area contributed by atoms with Crippen molar-refractivity contribution in [2.24, 2.45) is 11.7 Å². The van der Waals surface area contributed by atoms with Crippen molar-refractivity contribution >= 4 is 12.1 Å². The number of carbonyl (C=O) groups excluding carboxylic acids is 1. The van der Waals surface area contributed by atoms with Crippen LogP contribution >= 0.6 is 0 Å². The first-order valence-electron chi connectivity index (χ1n) is 6.64. The molecular formula is C13H24N2O4. The van der Waals surface area contributed by atoms with E-state index in [-0.39, 0.29) is 24.5 Å². The molecule has 2 atom stereocenters. The average Bonchev–Trinajstić information content (AvgIpc) is 2.39. The molecule has 1 rings (SSSR count). The summed E-state index contributed by atoms with van der Waals surface area (Å²) in [5.41, 5.74) is 5.45. The molecule has 1 fully saturated rings. The van der Waals surface area contributed by atoms with E-state index in [1.807, 2.05) is 20.8 Å². The Morgan fingerprint density at radius 2 is 1.89 bits per heavy atom. The average molecular weight is 272 g/mol. The van der Waals surface area contributed by atoms with Gasteiger partial charge in [-0.15, -0.1) is 0 Å². The number of nitrogens with zero attached hydrogens (tertiary/aromatic N) is 1. The molecule has 110 valence electrons. The van der Waals surface area contributed by atoms with Crippen molar-refractivity contribution in [3.8, 4) is 0 Å². The van der Waals surface area contributed by atoms with Crippen LogP contribution in [0.15, 0.2) is 0 Å². The molecule has 1 saturated heterocycles. The van der Waals surface area contributed by atoms with Gasteiger partial charge in [0.2, 0.25) is 0 Å². The first-order chi connectivity index (χ1) is 8.69. The zero-order valence-corrected chi connectivity index (χ0v) is 11.9. The Kier molecular flexibility index (Phi) is 5.17. The number of carboxylic acids is 1. The minimum atomic E-state index is -0.842. The van der Waals surface area contributed by atoms with Gasteiger partial charge in [-0.05, 0) is 39.5 Å². The van der Waals surface area contributed by atoms with E-state index in [2.05, 4.69) is 0 Å². The summed E-state index contributed by atoms with van der Waals surface area (Å²) in [5.74, 6) is -0.920. The van der Waals surface area contributed by atoms with Gasteiger partial charge in [0.15, 0.2) is 0 Å². The molecule has 6 nitrogen and oxygen atoms in total. The third-order valence-corrected chi connectivity index (χ3v) is 3.20. The van der Waals surface area contributed by atoms with Gasteiger partial charge in [0.05, 0.1) is 0 Å². The molecule has 0 saturated carbocycles. The van der Waals surface area contributed by atoms with E-state index in [4.69, 9.17) is 15.6 Å². The van der Waals surface area contributed by atoms with Crippen molar-refractivity contribution in [2.45, 2.75) is 51.7 Å². The van der Waals surface area contributed by atoms with Crippen molar-refractivity contribution < 1.29 is 19.4 Å². The van der Waals surface area contributed by atoms with Crippen molar-refractivity contribution in [1.29, 1.82) is 0 Å². The molecule has 0 spiro atoms. The molecule has 0 aliphatic carbocycles. The molecule has 19 heavy (non-hydrogen) atoms. The Bertz CT molecular complexity index is 338. The summed E-state index contributed by atoms with van der Waals surface area (Å²) in [6.07, 6.45) is 0.920. The van der Waals surface area contributed by atoms with E-state index in [9.17, 15) is 9.59 Å². The van der Waals surface area contributed by atoms with Gasteiger partial charge in [0.25, 0.3) is 0 Å². The Hall–Kier alpha value is -1.30. The van der Waals surface area contributed by atoms with Gasteiger partial charge in [-0.3, -0.25) is 4.79 Å². The molecule has 6 heteroatoms. The van der Waals surface area contributed by atoms with Crippen LogP contribution in [0.4, 0.5) is 4.79 Å². The second-order valence-electron chi connectivity index (χ2n) is 6.07. The molecule has 0 radical (unpaired) electrons. The standard InChI is InChI=1S/C13H24N2O4/c1-13(2,3)19-12(18)15-6-4-9(8-11(16)17)10(14)5-7-15/h9-10H,4-8,14H2,1-3H3,(H,16,17)/t9-,10-/m1/s1. The number of ether oxygens (including phenoxy) is 1. The van der Waals surface area contributed by atoms with Gasteiger partial charge in [-0.1, -0.05) is 0 Å². The number of hydrogen-bond donors (Lipinski definition) is 2. The summed E-state index contributed by atoms with van der Waals surface area (Å²) in [6.45, 7) is 6.48. The molecule has 1 heterocycles. The molecule has 1 aliphatic rings. The van der Waals surface area contributed by atoms with E-state index in [1.165, 1.54) is 0 Å². The number of rotatable bonds is 2. The smallest absolute Gasteiger partial charge is 0.410 e. The molecule has 1 aliphatic heterocycles. The third kappa shape index (κ3) is 5.46.